The molecule has 1 saturated carbocycles. The molecule has 3 atom stereocenters. The fourth-order valence-electron chi connectivity index (χ4n) is 3.17. The van der Waals surface area contributed by atoms with Crippen LogP contribution in [0.25, 0.3) is 0 Å². The fraction of sp³-hybridized carbons (Fsp3) is 0.409. The molecule has 2 N–H and O–H groups in total. The smallest absolute Gasteiger partial charge is 0.224 e. The Labute approximate surface area is 164 Å². The molecular weight excluding hydrogens is 358 g/mol. The molecule has 27 heavy (non-hydrogen) atoms. The van der Waals surface area contributed by atoms with E-state index in [-0.39, 0.29) is 18.4 Å². The van der Waals surface area contributed by atoms with Crippen molar-refractivity contribution in [2.75, 3.05) is 13.7 Å². The van der Waals surface area contributed by atoms with Gasteiger partial charge >= 0.3 is 0 Å². The highest BCUT2D eigenvalue weighted by molar-refractivity contribution is 7.10. The number of carbonyl (C=O) groups is 1. The van der Waals surface area contributed by atoms with Crippen molar-refractivity contribution in [2.24, 2.45) is 5.92 Å². The Morgan fingerprint density at radius 3 is 2.96 bits per heavy atom. The molecular formula is C22H25NO3S. The van der Waals surface area contributed by atoms with Gasteiger partial charge in [0.1, 0.15) is 5.75 Å². The van der Waals surface area contributed by atoms with Gasteiger partial charge in [0.2, 0.25) is 5.91 Å². The molecule has 0 bridgehead atoms. The van der Waals surface area contributed by atoms with Gasteiger partial charge in [0, 0.05) is 34.3 Å². The molecule has 142 valence electrons. The van der Waals surface area contributed by atoms with Gasteiger partial charge in [0.15, 0.2) is 0 Å². The predicted molar refractivity (Wildman–Crippen MR) is 108 cm³/mol. The van der Waals surface area contributed by atoms with Crippen molar-refractivity contribution in [2.45, 2.75) is 38.1 Å². The fourth-order valence-corrected chi connectivity index (χ4v) is 4.07. The van der Waals surface area contributed by atoms with Crippen molar-refractivity contribution in [3.05, 3.63) is 51.7 Å². The number of hydrogen-bond acceptors (Lipinski definition) is 4. The minimum Gasteiger partial charge on any atom is -0.496 e. The summed E-state index contributed by atoms with van der Waals surface area (Å²) in [4.78, 5) is 13.9. The van der Waals surface area contributed by atoms with Crippen molar-refractivity contribution >= 4 is 17.2 Å². The lowest BCUT2D eigenvalue weighted by molar-refractivity contribution is -0.123. The first kappa shape index (κ1) is 19.5. The number of carbonyl (C=O) groups excluding carboxylic acids is 1. The lowest BCUT2D eigenvalue weighted by Gasteiger charge is -2.19. The number of methoxy groups -OCH3 is 1. The van der Waals surface area contributed by atoms with E-state index in [2.05, 4.69) is 30.1 Å². The monoisotopic (exact) mass is 383 g/mol. The number of ether oxygens (including phenoxy) is 1. The van der Waals surface area contributed by atoms with E-state index >= 15 is 0 Å². The highest BCUT2D eigenvalue weighted by Crippen LogP contribution is 2.49. The topological polar surface area (TPSA) is 58.6 Å². The summed E-state index contributed by atoms with van der Waals surface area (Å²) in [7, 11) is 1.59. The van der Waals surface area contributed by atoms with E-state index in [4.69, 9.17) is 4.74 Å². The Kier molecular flexibility index (Phi) is 6.54. The zero-order valence-corrected chi connectivity index (χ0v) is 16.5. The summed E-state index contributed by atoms with van der Waals surface area (Å²) in [6.45, 7) is 1.91. The second-order valence-electron chi connectivity index (χ2n) is 6.72. The number of unbranched alkanes of at least 4 members (excludes halogenated alkanes) is 1. The molecule has 4 nitrogen and oxygen atoms in total. The quantitative estimate of drug-likeness (QED) is 0.714. The van der Waals surface area contributed by atoms with E-state index < -0.39 is 6.04 Å². The third-order valence-corrected chi connectivity index (χ3v) is 5.76. The van der Waals surface area contributed by atoms with Crippen LogP contribution in [0.15, 0.2) is 35.7 Å². The van der Waals surface area contributed by atoms with Crippen LogP contribution >= 0.6 is 11.3 Å². The van der Waals surface area contributed by atoms with Crippen LogP contribution in [-0.4, -0.2) is 24.7 Å². The Bertz CT molecular complexity index is 835. The first-order valence-corrected chi connectivity index (χ1v) is 10.2. The summed E-state index contributed by atoms with van der Waals surface area (Å²) in [5, 5.41) is 14.9. The molecule has 0 spiro atoms. The summed E-state index contributed by atoms with van der Waals surface area (Å²) in [6.07, 6.45) is 2.74. The summed E-state index contributed by atoms with van der Waals surface area (Å²) >= 11 is 1.69. The molecule has 1 aliphatic rings. The molecule has 0 radical (unpaired) electrons. The van der Waals surface area contributed by atoms with Crippen molar-refractivity contribution < 1.29 is 14.6 Å². The van der Waals surface area contributed by atoms with Crippen LogP contribution in [0.1, 0.15) is 54.1 Å². The number of hydrogen-bond donors (Lipinski definition) is 2. The number of nitrogens with one attached hydrogen (secondary N) is 1. The highest BCUT2D eigenvalue weighted by Gasteiger charge is 2.45. The van der Waals surface area contributed by atoms with Crippen LogP contribution in [0.2, 0.25) is 0 Å². The Balaban J connectivity index is 1.70. The van der Waals surface area contributed by atoms with E-state index in [1.54, 1.807) is 18.4 Å². The zero-order chi connectivity index (χ0) is 19.2. The van der Waals surface area contributed by atoms with Gasteiger partial charge in [-0.25, -0.2) is 0 Å². The third kappa shape index (κ3) is 4.71. The molecule has 1 aromatic heterocycles. The van der Waals surface area contributed by atoms with Crippen LogP contribution in [-0.2, 0) is 4.79 Å². The van der Waals surface area contributed by atoms with Gasteiger partial charge in [-0.2, -0.15) is 0 Å². The van der Waals surface area contributed by atoms with Gasteiger partial charge in [-0.15, -0.1) is 11.3 Å². The molecule has 2 aromatic rings. The van der Waals surface area contributed by atoms with Crippen molar-refractivity contribution in [3.8, 4) is 17.6 Å². The maximum atomic E-state index is 12.6. The Morgan fingerprint density at radius 1 is 1.44 bits per heavy atom. The third-order valence-electron chi connectivity index (χ3n) is 4.75. The van der Waals surface area contributed by atoms with E-state index in [0.29, 0.717) is 11.7 Å². The lowest BCUT2D eigenvalue weighted by Crippen LogP contribution is -2.32. The van der Waals surface area contributed by atoms with Gasteiger partial charge in [-0.05, 0) is 36.4 Å². The van der Waals surface area contributed by atoms with Crippen LogP contribution in [0, 0.1) is 17.8 Å². The second-order valence-corrected chi connectivity index (χ2v) is 7.70. The minimum absolute atomic E-state index is 0.0112. The van der Waals surface area contributed by atoms with Crippen molar-refractivity contribution in [1.29, 1.82) is 0 Å². The first-order valence-electron chi connectivity index (χ1n) is 9.29. The molecule has 1 amide bonds. The molecule has 3 rings (SSSR count). The molecule has 0 saturated heterocycles. The van der Waals surface area contributed by atoms with Crippen LogP contribution in [0.3, 0.4) is 0 Å². The zero-order valence-electron chi connectivity index (χ0n) is 15.7. The number of aliphatic hydroxyl groups is 1. The standard InChI is InChI=1S/C22H25NO3S/c1-3-4-5-7-15-9-10-16(20(12-15)26-2)19(14-24)23-22(25)18-13-17(18)21-8-6-11-27-21/h6,8-12,17-19,24H,3-4,13-14H2,1-2H3,(H,23,25)/t17-,18-,19-/m0/s1. The van der Waals surface area contributed by atoms with Gasteiger partial charge in [0.25, 0.3) is 0 Å². The van der Waals surface area contributed by atoms with Gasteiger partial charge in [-0.1, -0.05) is 30.9 Å². The van der Waals surface area contributed by atoms with E-state index in [9.17, 15) is 9.90 Å². The Morgan fingerprint density at radius 2 is 2.30 bits per heavy atom. The normalized spacial score (nSPS) is 18.9. The largest absolute Gasteiger partial charge is 0.496 e. The molecule has 1 aliphatic carbocycles. The minimum atomic E-state index is -0.491. The molecule has 0 aliphatic heterocycles. The van der Waals surface area contributed by atoms with E-state index in [0.717, 1.165) is 30.4 Å². The summed E-state index contributed by atoms with van der Waals surface area (Å²) in [5.41, 5.74) is 1.63. The predicted octanol–water partition coefficient (Wildman–Crippen LogP) is 3.86. The van der Waals surface area contributed by atoms with Gasteiger partial charge < -0.3 is 15.2 Å². The molecule has 1 fully saturated rings. The van der Waals surface area contributed by atoms with Crippen molar-refractivity contribution in [3.63, 3.8) is 0 Å². The van der Waals surface area contributed by atoms with Gasteiger partial charge in [-0.3, -0.25) is 4.79 Å². The number of benzene rings is 1. The number of rotatable bonds is 7. The average Bonchev–Trinajstić information content (AvgIpc) is 3.31. The van der Waals surface area contributed by atoms with Crippen LogP contribution < -0.4 is 10.1 Å². The SMILES string of the molecule is CCCC#Cc1ccc([C@H](CO)NC(=O)[C@H]2C[C@@H]2c2cccs2)c(OC)c1. The highest BCUT2D eigenvalue weighted by atomic mass is 32.1. The number of amides is 1. The maximum Gasteiger partial charge on any atom is 0.224 e. The summed E-state index contributed by atoms with van der Waals surface area (Å²) < 4.78 is 5.48. The van der Waals surface area contributed by atoms with E-state index in [1.807, 2.05) is 29.6 Å². The van der Waals surface area contributed by atoms with Crippen LogP contribution in [0.4, 0.5) is 0 Å². The average molecular weight is 384 g/mol. The van der Waals surface area contributed by atoms with Crippen LogP contribution in [0.5, 0.6) is 5.75 Å². The second kappa shape index (κ2) is 9.07. The Hall–Kier alpha value is -2.29. The molecule has 1 heterocycles. The first-order chi connectivity index (χ1) is 13.2. The molecule has 1 aromatic carbocycles. The summed E-state index contributed by atoms with van der Waals surface area (Å²) in [5.74, 6) is 7.14. The van der Waals surface area contributed by atoms with Gasteiger partial charge in [0.05, 0.1) is 19.8 Å². The summed E-state index contributed by atoms with van der Waals surface area (Å²) in [6, 6.07) is 9.24. The van der Waals surface area contributed by atoms with E-state index in [1.165, 1.54) is 4.88 Å². The number of aliphatic hydroxyl groups excluding tert-OH is 1. The van der Waals surface area contributed by atoms with Crippen molar-refractivity contribution in [1.82, 2.24) is 5.32 Å². The molecule has 5 heteroatoms. The number of thiophene rings is 1. The molecule has 0 unspecified atom stereocenters. The lowest BCUT2D eigenvalue weighted by atomic mass is 10.0. The maximum absolute atomic E-state index is 12.6.